The Hall–Kier alpha value is -4.85. The van der Waals surface area contributed by atoms with Gasteiger partial charge in [0.05, 0.1) is 5.56 Å². The Balaban J connectivity index is 1.67. The molecule has 5 rings (SSSR count). The summed E-state index contributed by atoms with van der Waals surface area (Å²) in [6.45, 7) is -0.377. The van der Waals surface area contributed by atoms with Gasteiger partial charge in [0.25, 0.3) is 0 Å². The normalized spacial score (nSPS) is 16.8. The molecule has 2 aliphatic rings. The minimum absolute atomic E-state index is 0.188. The van der Waals surface area contributed by atoms with Gasteiger partial charge in [0.1, 0.15) is 23.0 Å². The second kappa shape index (κ2) is 8.01. The molecule has 0 bridgehead atoms. The lowest BCUT2D eigenvalue weighted by molar-refractivity contribution is 0.0224. The molecule has 162 valence electrons. The summed E-state index contributed by atoms with van der Waals surface area (Å²) >= 11 is 0. The van der Waals surface area contributed by atoms with Crippen LogP contribution in [0.25, 0.3) is 20.9 Å². The van der Waals surface area contributed by atoms with E-state index in [2.05, 4.69) is 20.1 Å². The van der Waals surface area contributed by atoms with Gasteiger partial charge >= 0.3 is 5.97 Å². The van der Waals surface area contributed by atoms with Crippen LogP contribution in [0.1, 0.15) is 27.0 Å². The van der Waals surface area contributed by atoms with Crippen molar-refractivity contribution in [1.82, 2.24) is 0 Å². The van der Waals surface area contributed by atoms with E-state index in [1.54, 1.807) is 48.5 Å². The molecule has 0 saturated heterocycles. The molecule has 0 unspecified atom stereocenters. The smallest absolute Gasteiger partial charge is 0.340 e. The Labute approximate surface area is 186 Å². The van der Waals surface area contributed by atoms with E-state index < -0.39 is 11.6 Å². The molecule has 0 radical (unpaired) electrons. The van der Waals surface area contributed by atoms with Gasteiger partial charge in [-0.1, -0.05) is 28.4 Å². The van der Waals surface area contributed by atoms with Gasteiger partial charge in [-0.05, 0) is 41.4 Å². The highest BCUT2D eigenvalue weighted by Crippen LogP contribution is 2.57. The predicted octanol–water partition coefficient (Wildman–Crippen LogP) is 5.55. The quantitative estimate of drug-likeness (QED) is 0.212. The second-order valence-electron chi connectivity index (χ2n) is 7.04. The number of ether oxygens (including phenoxy) is 4. The van der Waals surface area contributed by atoms with Crippen LogP contribution >= 0.6 is 0 Å². The highest BCUT2D eigenvalue weighted by atomic mass is 16.6. The van der Waals surface area contributed by atoms with Gasteiger partial charge in [-0.15, -0.1) is 0 Å². The van der Waals surface area contributed by atoms with Crippen LogP contribution in [-0.4, -0.2) is 19.4 Å². The lowest BCUT2D eigenvalue weighted by atomic mass is 9.77. The first-order chi connectivity index (χ1) is 16.2. The van der Waals surface area contributed by atoms with Crippen LogP contribution in [-0.2, 0) is 10.3 Å². The van der Waals surface area contributed by atoms with E-state index in [9.17, 15) is 4.79 Å². The zero-order valence-corrected chi connectivity index (χ0v) is 16.9. The van der Waals surface area contributed by atoms with Crippen LogP contribution in [0.3, 0.4) is 0 Å². The maximum atomic E-state index is 12.8. The fourth-order valence-electron chi connectivity index (χ4n) is 4.07. The zero-order valence-electron chi connectivity index (χ0n) is 16.9. The average molecular weight is 442 g/mol. The van der Waals surface area contributed by atoms with Crippen LogP contribution in [0.5, 0.6) is 23.0 Å². The molecule has 0 aromatic heterocycles. The number of carbonyl (C=O) groups excluding carboxylic acids is 1. The van der Waals surface area contributed by atoms with Gasteiger partial charge < -0.3 is 18.9 Å². The van der Waals surface area contributed by atoms with Crippen LogP contribution in [0.4, 0.5) is 0 Å². The van der Waals surface area contributed by atoms with Crippen molar-refractivity contribution in [3.8, 4) is 23.0 Å². The molecule has 11 nitrogen and oxygen atoms in total. The summed E-state index contributed by atoms with van der Waals surface area (Å²) in [6.07, 6.45) is 0. The maximum Gasteiger partial charge on any atom is 0.340 e. The van der Waals surface area contributed by atoms with Crippen LogP contribution in [0.15, 0.2) is 70.9 Å². The van der Waals surface area contributed by atoms with Crippen molar-refractivity contribution >= 4 is 5.97 Å². The molecule has 0 N–H and O–H groups in total. The Bertz CT molecular complexity index is 1310. The Morgan fingerprint density at radius 1 is 0.818 bits per heavy atom. The summed E-state index contributed by atoms with van der Waals surface area (Å²) < 4.78 is 23.1. The van der Waals surface area contributed by atoms with Crippen molar-refractivity contribution in [3.63, 3.8) is 0 Å². The van der Waals surface area contributed by atoms with Gasteiger partial charge in [0.2, 0.25) is 0 Å². The number of azide groups is 2. The summed E-state index contributed by atoms with van der Waals surface area (Å²) in [6, 6.07) is 17.3. The number of nitrogens with zero attached hydrogens (tertiary/aromatic N) is 6. The lowest BCUT2D eigenvalue weighted by Gasteiger charge is -2.36. The van der Waals surface area contributed by atoms with Gasteiger partial charge in [-0.2, -0.15) is 0 Å². The van der Waals surface area contributed by atoms with Crippen molar-refractivity contribution in [3.05, 3.63) is 104 Å². The topological polar surface area (TPSA) is 152 Å². The molecule has 0 fully saturated rings. The third-order valence-corrected chi connectivity index (χ3v) is 5.36. The summed E-state index contributed by atoms with van der Waals surface area (Å²) in [5.41, 5.74) is 18.1. The number of rotatable bonds is 6. The third kappa shape index (κ3) is 3.21. The summed E-state index contributed by atoms with van der Waals surface area (Å²) in [7, 11) is 0. The summed E-state index contributed by atoms with van der Waals surface area (Å²) in [5.74, 6) is 1.17. The molecule has 0 saturated carbocycles. The fourth-order valence-corrected chi connectivity index (χ4v) is 4.07. The number of esters is 1. The van der Waals surface area contributed by atoms with Gasteiger partial charge in [0.15, 0.2) is 19.1 Å². The molecule has 33 heavy (non-hydrogen) atoms. The average Bonchev–Trinajstić information content (AvgIpc) is 3.12. The van der Waals surface area contributed by atoms with E-state index >= 15 is 0 Å². The van der Waals surface area contributed by atoms with Crippen molar-refractivity contribution in [2.24, 2.45) is 10.2 Å². The SMILES string of the molecule is [N-]=[N+]=NCOc1ccc2c(c1)Oc1cc(OCN=[N+]=[N-])ccc1C21OC(=O)c2ccccc21. The maximum absolute atomic E-state index is 12.8. The summed E-state index contributed by atoms with van der Waals surface area (Å²) in [5, 5.41) is 6.74. The molecule has 0 aliphatic carbocycles. The monoisotopic (exact) mass is 442 g/mol. The molecule has 11 heteroatoms. The largest absolute Gasteiger partial charge is 0.487 e. The van der Waals surface area contributed by atoms with E-state index in [1.165, 1.54) is 0 Å². The molecule has 2 heterocycles. The number of hydrogen-bond acceptors (Lipinski definition) is 7. The predicted molar refractivity (Wildman–Crippen MR) is 114 cm³/mol. The third-order valence-electron chi connectivity index (χ3n) is 5.36. The van der Waals surface area contributed by atoms with E-state index in [1.807, 2.05) is 12.1 Å². The van der Waals surface area contributed by atoms with Crippen molar-refractivity contribution in [2.75, 3.05) is 13.5 Å². The van der Waals surface area contributed by atoms with Crippen LogP contribution in [0.2, 0.25) is 0 Å². The van der Waals surface area contributed by atoms with E-state index in [0.29, 0.717) is 45.3 Å². The molecule has 0 amide bonds. The van der Waals surface area contributed by atoms with E-state index in [4.69, 9.17) is 30.0 Å². The number of carbonyl (C=O) groups is 1. The molecule has 3 aromatic rings. The highest BCUT2D eigenvalue weighted by molar-refractivity contribution is 5.97. The summed E-state index contributed by atoms with van der Waals surface area (Å²) in [4.78, 5) is 18.2. The van der Waals surface area contributed by atoms with E-state index in [-0.39, 0.29) is 13.5 Å². The molecule has 3 aromatic carbocycles. The van der Waals surface area contributed by atoms with E-state index in [0.717, 1.165) is 0 Å². The number of benzene rings is 3. The van der Waals surface area contributed by atoms with Crippen molar-refractivity contribution in [1.29, 1.82) is 0 Å². The second-order valence-corrected chi connectivity index (χ2v) is 7.04. The van der Waals surface area contributed by atoms with Crippen molar-refractivity contribution < 1.29 is 23.7 Å². The first kappa shape index (κ1) is 20.1. The van der Waals surface area contributed by atoms with Gasteiger partial charge in [0, 0.05) is 38.6 Å². The zero-order chi connectivity index (χ0) is 22.8. The first-order valence-electron chi connectivity index (χ1n) is 9.74. The van der Waals surface area contributed by atoms with Crippen LogP contribution < -0.4 is 14.2 Å². The Morgan fingerprint density at radius 3 is 1.97 bits per heavy atom. The molecular weight excluding hydrogens is 428 g/mol. The Kier molecular flexibility index (Phi) is 4.87. The molecular formula is C22H14N6O5. The minimum Gasteiger partial charge on any atom is -0.487 e. The lowest BCUT2D eigenvalue weighted by Crippen LogP contribution is -2.33. The Morgan fingerprint density at radius 2 is 1.39 bits per heavy atom. The van der Waals surface area contributed by atoms with Gasteiger partial charge in [-0.3, -0.25) is 0 Å². The fraction of sp³-hybridized carbons (Fsp3) is 0.136. The molecule has 0 atom stereocenters. The van der Waals surface area contributed by atoms with Crippen molar-refractivity contribution in [2.45, 2.75) is 5.60 Å². The number of fused-ring (bicyclic) bond motifs is 6. The molecule has 2 aliphatic heterocycles. The first-order valence-corrected chi connectivity index (χ1v) is 9.74. The number of hydrogen-bond donors (Lipinski definition) is 0. The highest BCUT2D eigenvalue weighted by Gasteiger charge is 2.53. The minimum atomic E-state index is -1.23. The molecule has 1 spiro atoms. The van der Waals surface area contributed by atoms with Gasteiger partial charge in [-0.25, -0.2) is 4.79 Å². The van der Waals surface area contributed by atoms with Crippen LogP contribution in [0, 0.1) is 0 Å². The standard InChI is InChI=1S/C22H14N6O5/c23-27-25-11-30-13-5-7-17-19(9-13)32-20-10-14(31-12-26-28-24)6-8-18(20)22(17)16-4-2-1-3-15(16)21(29)33-22/h1-10H,11-12H2.